The fourth-order valence-electron chi connectivity index (χ4n) is 2.18. The van der Waals surface area contributed by atoms with Crippen LogP contribution in [0.1, 0.15) is 5.56 Å². The van der Waals surface area contributed by atoms with Crippen molar-refractivity contribution in [3.8, 4) is 0 Å². The highest BCUT2D eigenvalue weighted by atomic mass is 35.5. The number of piperazine rings is 1. The zero-order valence-electron chi connectivity index (χ0n) is 11.8. The number of pyridine rings is 1. The van der Waals surface area contributed by atoms with Crippen LogP contribution in [0.2, 0.25) is 5.02 Å². The molecular weight excluding hydrogens is 339 g/mol. The maximum absolute atomic E-state index is 12.6. The number of hydrogen-bond donors (Lipinski definition) is 1. The molecule has 23 heavy (non-hydrogen) atoms. The van der Waals surface area contributed by atoms with Gasteiger partial charge >= 0.3 is 6.18 Å². The van der Waals surface area contributed by atoms with Crippen molar-refractivity contribution < 1.29 is 18.1 Å². The number of nitro groups is 1. The van der Waals surface area contributed by atoms with Gasteiger partial charge in [0.15, 0.2) is 5.82 Å². The van der Waals surface area contributed by atoms with Gasteiger partial charge in [-0.25, -0.2) is 4.98 Å². The molecule has 1 aromatic rings. The highest BCUT2D eigenvalue weighted by molar-refractivity contribution is 6.33. The summed E-state index contributed by atoms with van der Waals surface area (Å²) in [5.74, 6) is 0.275. The zero-order chi connectivity index (χ0) is 17.2. The first-order chi connectivity index (χ1) is 10.7. The maximum atomic E-state index is 12.6. The topological polar surface area (TPSA) is 88.5 Å². The van der Waals surface area contributed by atoms with Crippen molar-refractivity contribution in [1.29, 1.82) is 0 Å². The van der Waals surface area contributed by atoms with Gasteiger partial charge in [-0.2, -0.15) is 13.2 Å². The number of hydrogen-bond acceptors (Lipinski definition) is 6. The van der Waals surface area contributed by atoms with E-state index >= 15 is 0 Å². The zero-order valence-corrected chi connectivity index (χ0v) is 12.5. The van der Waals surface area contributed by atoms with E-state index in [-0.39, 0.29) is 16.7 Å². The Morgan fingerprint density at radius 1 is 1.39 bits per heavy atom. The molecule has 0 atom stereocenters. The van der Waals surface area contributed by atoms with Gasteiger partial charge < -0.3 is 15.5 Å². The minimum absolute atomic E-state index is 0.0288. The lowest BCUT2D eigenvalue weighted by Gasteiger charge is -2.36. The molecular formula is C12H13ClF3N5O2. The molecule has 7 nitrogen and oxygen atoms in total. The van der Waals surface area contributed by atoms with Crippen LogP contribution in [0.25, 0.3) is 0 Å². The Balaban J connectivity index is 2.07. The van der Waals surface area contributed by atoms with Crippen LogP contribution in [0.15, 0.2) is 24.3 Å². The fraction of sp³-hybridized carbons (Fsp3) is 0.417. The second-order valence-corrected chi connectivity index (χ2v) is 5.25. The van der Waals surface area contributed by atoms with Gasteiger partial charge in [0, 0.05) is 32.4 Å². The first-order valence-corrected chi connectivity index (χ1v) is 6.89. The van der Waals surface area contributed by atoms with Crippen LogP contribution in [0.5, 0.6) is 0 Å². The van der Waals surface area contributed by atoms with Crippen molar-refractivity contribution in [2.75, 3.05) is 31.1 Å². The second-order valence-electron chi connectivity index (χ2n) is 4.84. The lowest BCUT2D eigenvalue weighted by Crippen LogP contribution is -2.47. The molecule has 2 heterocycles. The minimum atomic E-state index is -4.50. The molecule has 1 fully saturated rings. The summed E-state index contributed by atoms with van der Waals surface area (Å²) in [5.41, 5.74) is 4.68. The molecule has 11 heteroatoms. The van der Waals surface area contributed by atoms with Crippen molar-refractivity contribution in [2.45, 2.75) is 6.18 Å². The molecule has 1 aliphatic heterocycles. The van der Waals surface area contributed by atoms with E-state index in [0.29, 0.717) is 32.4 Å². The molecule has 0 bridgehead atoms. The average Bonchev–Trinajstić information content (AvgIpc) is 2.45. The minimum Gasteiger partial charge on any atom is -0.380 e. The SMILES string of the molecule is N/C(=C\[N+](=O)[O-])N1CCN(c2ncc(C(F)(F)F)cc2Cl)CC1. The predicted molar refractivity (Wildman–Crippen MR) is 77.3 cm³/mol. The Bertz CT molecular complexity index is 630. The Morgan fingerprint density at radius 2 is 2.00 bits per heavy atom. The van der Waals surface area contributed by atoms with Gasteiger partial charge in [-0.3, -0.25) is 10.1 Å². The third kappa shape index (κ3) is 4.15. The molecule has 0 amide bonds. The van der Waals surface area contributed by atoms with Crippen LogP contribution in [-0.2, 0) is 6.18 Å². The van der Waals surface area contributed by atoms with Gasteiger partial charge in [-0.1, -0.05) is 11.6 Å². The number of nitrogens with zero attached hydrogens (tertiary/aromatic N) is 4. The first-order valence-electron chi connectivity index (χ1n) is 6.52. The number of rotatable bonds is 3. The highest BCUT2D eigenvalue weighted by Gasteiger charge is 2.32. The van der Waals surface area contributed by atoms with Crippen LogP contribution in [0.3, 0.4) is 0 Å². The van der Waals surface area contributed by atoms with Crippen LogP contribution in [0, 0.1) is 10.1 Å². The summed E-state index contributed by atoms with van der Waals surface area (Å²) in [7, 11) is 0. The van der Waals surface area contributed by atoms with Gasteiger partial charge in [0.25, 0.3) is 6.20 Å². The molecule has 0 unspecified atom stereocenters. The monoisotopic (exact) mass is 351 g/mol. The van der Waals surface area contributed by atoms with E-state index in [0.717, 1.165) is 12.3 Å². The Morgan fingerprint density at radius 3 is 2.48 bits per heavy atom. The molecule has 0 aromatic carbocycles. The van der Waals surface area contributed by atoms with E-state index in [2.05, 4.69) is 4.98 Å². The number of nitrogens with two attached hydrogens (primary N) is 1. The van der Waals surface area contributed by atoms with Gasteiger partial charge in [0.2, 0.25) is 0 Å². The van der Waals surface area contributed by atoms with Crippen LogP contribution < -0.4 is 10.6 Å². The normalized spacial score (nSPS) is 16.6. The van der Waals surface area contributed by atoms with E-state index in [9.17, 15) is 23.3 Å². The Kier molecular flexibility index (Phi) is 4.83. The van der Waals surface area contributed by atoms with Crippen molar-refractivity contribution in [3.05, 3.63) is 45.0 Å². The summed E-state index contributed by atoms with van der Waals surface area (Å²) >= 11 is 5.89. The number of halogens is 4. The molecule has 2 N–H and O–H groups in total. The van der Waals surface area contributed by atoms with E-state index in [1.807, 2.05) is 0 Å². The molecule has 0 aliphatic carbocycles. The van der Waals surface area contributed by atoms with Gasteiger partial charge in [-0.05, 0) is 6.07 Å². The standard InChI is InChI=1S/C12H13ClF3N5O2/c13-9-5-8(12(14,15)16)6-18-11(9)20-3-1-19(2-4-20)10(17)7-21(22)23/h5-7H,1-4,17H2/b10-7+. The number of anilines is 1. The second kappa shape index (κ2) is 6.49. The molecule has 0 spiro atoms. The Labute approximate surface area is 134 Å². The van der Waals surface area contributed by atoms with Gasteiger partial charge in [-0.15, -0.1) is 0 Å². The Hall–Kier alpha value is -2.23. The molecule has 1 aliphatic rings. The highest BCUT2D eigenvalue weighted by Crippen LogP contribution is 2.33. The molecule has 1 saturated heterocycles. The van der Waals surface area contributed by atoms with Crippen molar-refractivity contribution >= 4 is 17.4 Å². The number of alkyl halides is 3. The lowest BCUT2D eigenvalue weighted by molar-refractivity contribution is -0.404. The van der Waals surface area contributed by atoms with Crippen molar-refractivity contribution in [3.63, 3.8) is 0 Å². The quantitative estimate of drug-likeness (QED) is 0.661. The van der Waals surface area contributed by atoms with E-state index in [4.69, 9.17) is 17.3 Å². The third-order valence-corrected chi connectivity index (χ3v) is 3.61. The summed E-state index contributed by atoms with van der Waals surface area (Å²) in [5, 5.41) is 10.3. The van der Waals surface area contributed by atoms with E-state index < -0.39 is 16.7 Å². The summed E-state index contributed by atoms with van der Waals surface area (Å²) in [6.07, 6.45) is -3.07. The first kappa shape index (κ1) is 17.1. The van der Waals surface area contributed by atoms with Crippen molar-refractivity contribution in [1.82, 2.24) is 9.88 Å². The fourth-order valence-corrected chi connectivity index (χ4v) is 2.47. The van der Waals surface area contributed by atoms with Crippen LogP contribution in [-0.4, -0.2) is 41.0 Å². The third-order valence-electron chi connectivity index (χ3n) is 3.33. The van der Waals surface area contributed by atoms with E-state index in [1.54, 1.807) is 9.80 Å². The summed E-state index contributed by atoms with van der Waals surface area (Å²) < 4.78 is 37.8. The van der Waals surface area contributed by atoms with Gasteiger partial charge in [0.05, 0.1) is 15.5 Å². The van der Waals surface area contributed by atoms with Crippen LogP contribution >= 0.6 is 11.6 Å². The molecule has 0 radical (unpaired) electrons. The lowest BCUT2D eigenvalue weighted by atomic mass is 10.2. The number of aromatic nitrogens is 1. The summed E-state index contributed by atoms with van der Waals surface area (Å²) in [4.78, 5) is 16.8. The summed E-state index contributed by atoms with van der Waals surface area (Å²) in [6, 6.07) is 0.831. The molecule has 0 saturated carbocycles. The molecule has 1 aromatic heterocycles. The van der Waals surface area contributed by atoms with Crippen LogP contribution in [0.4, 0.5) is 19.0 Å². The predicted octanol–water partition coefficient (Wildman–Crippen LogP) is 1.91. The van der Waals surface area contributed by atoms with E-state index in [1.165, 1.54) is 0 Å². The largest absolute Gasteiger partial charge is 0.417 e. The van der Waals surface area contributed by atoms with Gasteiger partial charge in [0.1, 0.15) is 5.82 Å². The average molecular weight is 352 g/mol. The molecule has 2 rings (SSSR count). The maximum Gasteiger partial charge on any atom is 0.417 e. The molecule has 126 valence electrons. The summed E-state index contributed by atoms with van der Waals surface area (Å²) in [6.45, 7) is 1.50. The smallest absolute Gasteiger partial charge is 0.380 e. The van der Waals surface area contributed by atoms with Crippen molar-refractivity contribution in [2.24, 2.45) is 5.73 Å².